The van der Waals surface area contributed by atoms with Gasteiger partial charge in [0.25, 0.3) is 5.88 Å². The maximum atomic E-state index is 13.7. The van der Waals surface area contributed by atoms with Gasteiger partial charge in [-0.3, -0.25) is 0 Å². The first-order valence-corrected chi connectivity index (χ1v) is 9.43. The van der Waals surface area contributed by atoms with Gasteiger partial charge in [0.05, 0.1) is 18.5 Å². The molecule has 1 aliphatic carbocycles. The molecule has 0 bridgehead atoms. The van der Waals surface area contributed by atoms with Crippen molar-refractivity contribution in [2.75, 3.05) is 13.9 Å². The highest BCUT2D eigenvalue weighted by molar-refractivity contribution is 5.51. The van der Waals surface area contributed by atoms with E-state index in [4.69, 9.17) is 18.7 Å². The molecular formula is C20H17F4N3O5. The molecule has 2 heterocycles. The number of aromatic nitrogens is 3. The van der Waals surface area contributed by atoms with Gasteiger partial charge in [-0.2, -0.15) is 0 Å². The summed E-state index contributed by atoms with van der Waals surface area (Å²) in [4.78, 5) is 8.38. The number of halogens is 4. The molecule has 0 unspecified atom stereocenters. The molecule has 0 amide bonds. The highest BCUT2D eigenvalue weighted by atomic mass is 19.4. The predicted octanol–water partition coefficient (Wildman–Crippen LogP) is 4.48. The molecule has 1 saturated carbocycles. The van der Waals surface area contributed by atoms with Crippen LogP contribution in [0.15, 0.2) is 41.2 Å². The van der Waals surface area contributed by atoms with Gasteiger partial charge in [-0.1, -0.05) is 0 Å². The lowest BCUT2D eigenvalue weighted by atomic mass is 9.77. The standard InChI is InChI=1S/C20H17F4N3O5/c1-28-10-29-18-7-17(32-27-18)16-8-26-19(9-25-16)30-14-3-12(4-14)11-2-13(21)6-15(5-11)31-20(22,23)24/h2,5-9,12,14H,3-4,10H2,1H3/t12-,14+. The summed E-state index contributed by atoms with van der Waals surface area (Å²) in [7, 11) is 1.48. The van der Waals surface area contributed by atoms with Crippen molar-refractivity contribution >= 4 is 0 Å². The van der Waals surface area contributed by atoms with Crippen molar-refractivity contribution in [1.82, 2.24) is 15.1 Å². The van der Waals surface area contributed by atoms with Gasteiger partial charge in [0.1, 0.15) is 23.4 Å². The summed E-state index contributed by atoms with van der Waals surface area (Å²) >= 11 is 0. The van der Waals surface area contributed by atoms with E-state index in [2.05, 4.69) is 19.9 Å². The lowest BCUT2D eigenvalue weighted by molar-refractivity contribution is -0.274. The summed E-state index contributed by atoms with van der Waals surface area (Å²) in [5, 5.41) is 3.72. The number of hydrogen-bond acceptors (Lipinski definition) is 8. The maximum Gasteiger partial charge on any atom is 0.573 e. The van der Waals surface area contributed by atoms with Crippen LogP contribution in [0.4, 0.5) is 17.6 Å². The van der Waals surface area contributed by atoms with Crippen LogP contribution < -0.4 is 14.2 Å². The van der Waals surface area contributed by atoms with Gasteiger partial charge in [0, 0.05) is 13.2 Å². The number of alkyl halides is 3. The summed E-state index contributed by atoms with van der Waals surface area (Å²) in [6.07, 6.45) is -1.28. The summed E-state index contributed by atoms with van der Waals surface area (Å²) in [6, 6.07) is 4.62. The molecule has 1 aliphatic rings. The van der Waals surface area contributed by atoms with E-state index in [0.29, 0.717) is 35.9 Å². The van der Waals surface area contributed by atoms with Crippen molar-refractivity contribution in [2.24, 2.45) is 0 Å². The Morgan fingerprint density at radius 1 is 1.06 bits per heavy atom. The van der Waals surface area contributed by atoms with Gasteiger partial charge in [-0.25, -0.2) is 14.4 Å². The minimum atomic E-state index is -4.88. The average Bonchev–Trinajstić information content (AvgIpc) is 3.16. The van der Waals surface area contributed by atoms with Gasteiger partial charge in [0.15, 0.2) is 12.6 Å². The Hall–Kier alpha value is -3.41. The first-order chi connectivity index (χ1) is 15.3. The SMILES string of the molecule is COCOc1cc(-c2cnc(O[C@H]3C[C@@H](c4cc(F)cc(OC(F)(F)F)c4)C3)cn2)on1. The lowest BCUT2D eigenvalue weighted by Crippen LogP contribution is -2.32. The third kappa shape index (κ3) is 5.44. The molecule has 0 N–H and O–H groups in total. The number of ether oxygens (including phenoxy) is 4. The molecule has 0 atom stereocenters. The van der Waals surface area contributed by atoms with Gasteiger partial charge in [-0.15, -0.1) is 13.2 Å². The monoisotopic (exact) mass is 455 g/mol. The molecule has 32 heavy (non-hydrogen) atoms. The molecule has 3 aromatic rings. The van der Waals surface area contributed by atoms with E-state index in [0.717, 1.165) is 0 Å². The van der Waals surface area contributed by atoms with Crippen LogP contribution in [0.5, 0.6) is 17.5 Å². The highest BCUT2D eigenvalue weighted by Gasteiger charge is 2.35. The third-order valence-electron chi connectivity index (χ3n) is 4.67. The lowest BCUT2D eigenvalue weighted by Gasteiger charge is -2.35. The zero-order valence-corrected chi connectivity index (χ0v) is 16.6. The topological polar surface area (TPSA) is 88.7 Å². The highest BCUT2D eigenvalue weighted by Crippen LogP contribution is 2.40. The Kier molecular flexibility index (Phi) is 6.12. The number of hydrogen-bond donors (Lipinski definition) is 0. The fraction of sp³-hybridized carbons (Fsp3) is 0.350. The minimum Gasteiger partial charge on any atom is -0.473 e. The third-order valence-corrected chi connectivity index (χ3v) is 4.67. The molecule has 0 spiro atoms. The van der Waals surface area contributed by atoms with Crippen molar-refractivity contribution in [3.8, 4) is 29.0 Å². The van der Waals surface area contributed by atoms with Gasteiger partial charge in [0.2, 0.25) is 5.88 Å². The van der Waals surface area contributed by atoms with Crippen LogP contribution >= 0.6 is 0 Å². The van der Waals surface area contributed by atoms with Gasteiger partial charge in [-0.05, 0) is 41.6 Å². The summed E-state index contributed by atoms with van der Waals surface area (Å²) < 4.78 is 75.5. The quantitative estimate of drug-likeness (QED) is 0.363. The zero-order chi connectivity index (χ0) is 22.7. The van der Waals surface area contributed by atoms with Crippen LogP contribution in [0.2, 0.25) is 0 Å². The molecule has 2 aromatic heterocycles. The summed E-state index contributed by atoms with van der Waals surface area (Å²) in [6.45, 7) is 0.0269. The van der Waals surface area contributed by atoms with Crippen molar-refractivity contribution in [3.05, 3.63) is 48.0 Å². The molecule has 4 rings (SSSR count). The fourth-order valence-corrected chi connectivity index (χ4v) is 3.19. The van der Waals surface area contributed by atoms with E-state index in [-0.39, 0.29) is 30.6 Å². The number of nitrogens with zero attached hydrogens (tertiary/aromatic N) is 3. The molecule has 0 aliphatic heterocycles. The first-order valence-electron chi connectivity index (χ1n) is 9.43. The Bertz CT molecular complexity index is 1050. The molecule has 1 fully saturated rings. The van der Waals surface area contributed by atoms with E-state index in [1.54, 1.807) is 0 Å². The van der Waals surface area contributed by atoms with Crippen LogP contribution in [0, 0.1) is 5.82 Å². The average molecular weight is 455 g/mol. The molecule has 12 heteroatoms. The van der Waals surface area contributed by atoms with E-state index in [9.17, 15) is 17.6 Å². The van der Waals surface area contributed by atoms with E-state index >= 15 is 0 Å². The Balaban J connectivity index is 1.32. The Labute approximate surface area is 179 Å². The van der Waals surface area contributed by atoms with Crippen LogP contribution in [0.3, 0.4) is 0 Å². The van der Waals surface area contributed by atoms with E-state index in [1.165, 1.54) is 37.7 Å². The molecule has 170 valence electrons. The smallest absolute Gasteiger partial charge is 0.473 e. The second-order valence-corrected chi connectivity index (χ2v) is 7.00. The number of rotatable bonds is 8. The second-order valence-electron chi connectivity index (χ2n) is 7.00. The number of methoxy groups -OCH3 is 1. The minimum absolute atomic E-state index is 0.0269. The Morgan fingerprint density at radius 3 is 2.56 bits per heavy atom. The normalized spacial score (nSPS) is 18.2. The molecule has 0 radical (unpaired) electrons. The summed E-state index contributed by atoms with van der Waals surface area (Å²) in [5.41, 5.74) is 0.836. The summed E-state index contributed by atoms with van der Waals surface area (Å²) in [5.74, 6) is -0.670. The van der Waals surface area contributed by atoms with Crippen molar-refractivity contribution in [3.63, 3.8) is 0 Å². The van der Waals surface area contributed by atoms with Crippen LogP contribution in [-0.4, -0.2) is 41.5 Å². The van der Waals surface area contributed by atoms with Gasteiger partial charge < -0.3 is 23.5 Å². The van der Waals surface area contributed by atoms with E-state index < -0.39 is 17.9 Å². The van der Waals surface area contributed by atoms with Crippen molar-refractivity contribution in [2.45, 2.75) is 31.2 Å². The van der Waals surface area contributed by atoms with Crippen molar-refractivity contribution in [1.29, 1.82) is 0 Å². The fourth-order valence-electron chi connectivity index (χ4n) is 3.19. The largest absolute Gasteiger partial charge is 0.573 e. The molecule has 1 aromatic carbocycles. The Morgan fingerprint density at radius 2 is 1.88 bits per heavy atom. The molecular weight excluding hydrogens is 438 g/mol. The molecule has 0 saturated heterocycles. The van der Waals surface area contributed by atoms with Crippen LogP contribution in [-0.2, 0) is 4.74 Å². The van der Waals surface area contributed by atoms with Crippen molar-refractivity contribution < 1.29 is 41.0 Å². The zero-order valence-electron chi connectivity index (χ0n) is 16.6. The van der Waals surface area contributed by atoms with Crippen LogP contribution in [0.1, 0.15) is 24.3 Å². The predicted molar refractivity (Wildman–Crippen MR) is 99.5 cm³/mol. The maximum absolute atomic E-state index is 13.7. The van der Waals surface area contributed by atoms with Gasteiger partial charge >= 0.3 is 6.36 Å². The van der Waals surface area contributed by atoms with Crippen LogP contribution in [0.25, 0.3) is 11.5 Å². The van der Waals surface area contributed by atoms with E-state index in [1.807, 2.05) is 0 Å². The number of benzene rings is 1. The first kappa shape index (κ1) is 21.8. The second kappa shape index (κ2) is 8.99. The molecule has 8 nitrogen and oxygen atoms in total.